The number of halogens is 1. The van der Waals surface area contributed by atoms with Crippen molar-refractivity contribution < 1.29 is 9.53 Å². The first-order valence-electron chi connectivity index (χ1n) is 6.41. The number of ether oxygens (including phenoxy) is 1. The summed E-state index contributed by atoms with van der Waals surface area (Å²) in [6, 6.07) is 6.98. The Morgan fingerprint density at radius 1 is 1.45 bits per heavy atom. The third kappa shape index (κ3) is 3.30. The second-order valence-corrected chi connectivity index (χ2v) is 4.54. The zero-order valence-electron chi connectivity index (χ0n) is 11.4. The highest BCUT2D eigenvalue weighted by Gasteiger charge is 2.17. The summed E-state index contributed by atoms with van der Waals surface area (Å²) in [5.74, 6) is 0.0734. The molecule has 0 aliphatic heterocycles. The molecular weight excluding hydrogens is 278 g/mol. The number of carbonyl (C=O) groups excluding carboxylic acids is 1. The van der Waals surface area contributed by atoms with Crippen LogP contribution in [-0.4, -0.2) is 22.3 Å². The lowest BCUT2D eigenvalue weighted by Gasteiger charge is -2.05. The van der Waals surface area contributed by atoms with E-state index in [-0.39, 0.29) is 5.91 Å². The summed E-state index contributed by atoms with van der Waals surface area (Å²) in [7, 11) is 0. The van der Waals surface area contributed by atoms with Gasteiger partial charge in [-0.15, -0.1) is 5.10 Å². The second-order valence-electron chi connectivity index (χ2n) is 4.10. The third-order valence-corrected chi connectivity index (χ3v) is 2.90. The van der Waals surface area contributed by atoms with Crippen LogP contribution in [-0.2, 0) is 6.54 Å². The number of aryl methyl sites for hydroxylation is 1. The Balaban J connectivity index is 2.22. The lowest BCUT2D eigenvalue weighted by Crippen LogP contribution is -2.12. The van der Waals surface area contributed by atoms with Gasteiger partial charge < -0.3 is 10.1 Å². The fourth-order valence-electron chi connectivity index (χ4n) is 1.73. The van der Waals surface area contributed by atoms with Gasteiger partial charge in [-0.2, -0.15) is 0 Å². The van der Waals surface area contributed by atoms with Crippen LogP contribution in [0.25, 0.3) is 0 Å². The minimum atomic E-state index is -0.268. The number of benzene rings is 1. The number of hydrogen-bond acceptors (Lipinski definition) is 3. The molecule has 0 saturated carbocycles. The van der Waals surface area contributed by atoms with Gasteiger partial charge in [-0.1, -0.05) is 17.7 Å². The molecular formula is C14H16ClN3O2. The second kappa shape index (κ2) is 6.43. The molecule has 1 aromatic heterocycles. The summed E-state index contributed by atoms with van der Waals surface area (Å²) in [6.07, 6.45) is 1.67. The van der Waals surface area contributed by atoms with E-state index in [1.807, 2.05) is 13.8 Å². The molecule has 106 valence electrons. The summed E-state index contributed by atoms with van der Waals surface area (Å²) in [5.41, 5.74) is 1.04. The molecule has 5 nitrogen and oxygen atoms in total. The number of nitrogens with zero attached hydrogens (tertiary/aromatic N) is 2. The fourth-order valence-corrected chi connectivity index (χ4v) is 1.92. The molecule has 1 N–H and O–H groups in total. The smallest absolute Gasteiger partial charge is 0.262 e. The third-order valence-electron chi connectivity index (χ3n) is 2.66. The van der Waals surface area contributed by atoms with Gasteiger partial charge in [-0.05, 0) is 32.0 Å². The van der Waals surface area contributed by atoms with E-state index in [9.17, 15) is 4.79 Å². The van der Waals surface area contributed by atoms with Gasteiger partial charge in [0.05, 0.1) is 6.61 Å². The van der Waals surface area contributed by atoms with Crippen molar-refractivity contribution in [1.82, 2.24) is 9.78 Å². The number of aromatic nitrogens is 2. The van der Waals surface area contributed by atoms with Gasteiger partial charge in [0.1, 0.15) is 5.56 Å². The van der Waals surface area contributed by atoms with Gasteiger partial charge in [0, 0.05) is 23.5 Å². The zero-order valence-corrected chi connectivity index (χ0v) is 12.1. The van der Waals surface area contributed by atoms with Crippen LogP contribution in [0.15, 0.2) is 30.5 Å². The normalized spacial score (nSPS) is 10.3. The van der Waals surface area contributed by atoms with Crippen molar-refractivity contribution in [3.63, 3.8) is 0 Å². The quantitative estimate of drug-likeness (QED) is 0.921. The highest BCUT2D eigenvalue weighted by molar-refractivity contribution is 6.31. The number of rotatable bonds is 5. The lowest BCUT2D eigenvalue weighted by molar-refractivity contribution is 0.102. The molecule has 0 aliphatic rings. The predicted molar refractivity (Wildman–Crippen MR) is 78.5 cm³/mol. The molecule has 6 heteroatoms. The van der Waals surface area contributed by atoms with Crippen molar-refractivity contribution >= 4 is 23.2 Å². The van der Waals surface area contributed by atoms with E-state index in [0.717, 1.165) is 0 Å². The number of amides is 1. The van der Waals surface area contributed by atoms with E-state index in [2.05, 4.69) is 10.4 Å². The Kier molecular flexibility index (Phi) is 4.63. The number of hydrogen-bond donors (Lipinski definition) is 1. The predicted octanol–water partition coefficient (Wildman–Crippen LogP) is 3.21. The molecule has 0 saturated heterocycles. The standard InChI is InChI=1S/C14H16ClN3O2/c1-3-18-9-12(14(17-18)20-4-2)13(19)16-11-7-5-6-10(15)8-11/h5-9H,3-4H2,1-2H3,(H,16,19). The molecule has 0 fully saturated rings. The van der Waals surface area contributed by atoms with E-state index in [1.54, 1.807) is 35.1 Å². The first-order chi connectivity index (χ1) is 9.63. The summed E-state index contributed by atoms with van der Waals surface area (Å²) < 4.78 is 7.05. The maximum atomic E-state index is 12.3. The molecule has 20 heavy (non-hydrogen) atoms. The van der Waals surface area contributed by atoms with E-state index in [1.165, 1.54) is 0 Å². The first kappa shape index (κ1) is 14.4. The molecule has 0 spiro atoms. The molecule has 0 bridgehead atoms. The summed E-state index contributed by atoms with van der Waals surface area (Å²) in [6.45, 7) is 4.92. The van der Waals surface area contributed by atoms with Crippen LogP contribution in [0.3, 0.4) is 0 Å². The van der Waals surface area contributed by atoms with Crippen molar-refractivity contribution in [1.29, 1.82) is 0 Å². The number of nitrogens with one attached hydrogen (secondary N) is 1. The molecule has 1 amide bonds. The van der Waals surface area contributed by atoms with Gasteiger partial charge in [0.2, 0.25) is 5.88 Å². The van der Waals surface area contributed by atoms with Crippen LogP contribution in [0, 0.1) is 0 Å². The van der Waals surface area contributed by atoms with Crippen molar-refractivity contribution in [2.45, 2.75) is 20.4 Å². The molecule has 1 heterocycles. The van der Waals surface area contributed by atoms with Crippen LogP contribution in [0.2, 0.25) is 5.02 Å². The molecule has 0 aliphatic carbocycles. The van der Waals surface area contributed by atoms with Crippen LogP contribution in [0.1, 0.15) is 24.2 Å². The van der Waals surface area contributed by atoms with E-state index >= 15 is 0 Å². The topological polar surface area (TPSA) is 56.2 Å². The van der Waals surface area contributed by atoms with E-state index in [4.69, 9.17) is 16.3 Å². The highest BCUT2D eigenvalue weighted by atomic mass is 35.5. The van der Waals surface area contributed by atoms with Crippen LogP contribution >= 0.6 is 11.6 Å². The molecule has 0 unspecified atom stereocenters. The summed E-state index contributed by atoms with van der Waals surface area (Å²) >= 11 is 5.89. The van der Waals surface area contributed by atoms with Gasteiger partial charge in [-0.25, -0.2) is 0 Å². The molecule has 2 rings (SSSR count). The highest BCUT2D eigenvalue weighted by Crippen LogP contribution is 2.20. The van der Waals surface area contributed by atoms with Crippen molar-refractivity contribution in [3.8, 4) is 5.88 Å². The molecule has 1 aromatic carbocycles. The Bertz CT molecular complexity index is 610. The largest absolute Gasteiger partial charge is 0.476 e. The van der Waals surface area contributed by atoms with Gasteiger partial charge in [-0.3, -0.25) is 9.48 Å². The minimum absolute atomic E-state index is 0.268. The SMILES string of the molecule is CCOc1nn(CC)cc1C(=O)Nc1cccc(Cl)c1. The van der Waals surface area contributed by atoms with Crippen LogP contribution in [0.5, 0.6) is 5.88 Å². The van der Waals surface area contributed by atoms with Gasteiger partial charge in [0.25, 0.3) is 5.91 Å². The molecule has 0 atom stereocenters. The van der Waals surface area contributed by atoms with E-state index < -0.39 is 0 Å². The van der Waals surface area contributed by atoms with E-state index in [0.29, 0.717) is 35.3 Å². The fraction of sp³-hybridized carbons (Fsp3) is 0.286. The maximum Gasteiger partial charge on any atom is 0.262 e. The van der Waals surface area contributed by atoms with Crippen molar-refractivity contribution in [3.05, 3.63) is 41.0 Å². The van der Waals surface area contributed by atoms with Gasteiger partial charge >= 0.3 is 0 Å². The maximum absolute atomic E-state index is 12.3. The lowest BCUT2D eigenvalue weighted by atomic mass is 10.2. The van der Waals surface area contributed by atoms with Crippen LogP contribution < -0.4 is 10.1 Å². The minimum Gasteiger partial charge on any atom is -0.476 e. The summed E-state index contributed by atoms with van der Waals surface area (Å²) in [5, 5.41) is 7.55. The number of anilines is 1. The van der Waals surface area contributed by atoms with Crippen molar-refractivity contribution in [2.24, 2.45) is 0 Å². The van der Waals surface area contributed by atoms with Crippen molar-refractivity contribution in [2.75, 3.05) is 11.9 Å². The van der Waals surface area contributed by atoms with Crippen LogP contribution in [0.4, 0.5) is 5.69 Å². The average Bonchev–Trinajstić information content (AvgIpc) is 2.82. The average molecular weight is 294 g/mol. The number of carbonyl (C=O) groups is 1. The Labute approximate surface area is 122 Å². The monoisotopic (exact) mass is 293 g/mol. The Morgan fingerprint density at radius 2 is 2.25 bits per heavy atom. The zero-order chi connectivity index (χ0) is 14.5. The Hall–Kier alpha value is -2.01. The van der Waals surface area contributed by atoms with Gasteiger partial charge in [0.15, 0.2) is 0 Å². The Morgan fingerprint density at radius 3 is 2.90 bits per heavy atom. The summed E-state index contributed by atoms with van der Waals surface area (Å²) in [4.78, 5) is 12.3. The first-order valence-corrected chi connectivity index (χ1v) is 6.79. The molecule has 2 aromatic rings. The molecule has 0 radical (unpaired) electrons.